The van der Waals surface area contributed by atoms with Crippen LogP contribution < -0.4 is 10.6 Å². The number of nitrogen functional groups attached to an aromatic ring is 1. The van der Waals surface area contributed by atoms with E-state index in [1.165, 1.54) is 6.33 Å². The van der Waals surface area contributed by atoms with Gasteiger partial charge in [0.1, 0.15) is 24.2 Å². The second-order valence-electron chi connectivity index (χ2n) is 3.86. The highest BCUT2D eigenvalue weighted by Crippen LogP contribution is 2.29. The molecular weight excluding hydrogens is 244 g/mol. The summed E-state index contributed by atoms with van der Waals surface area (Å²) in [6.45, 7) is 1.35. The molecule has 94 valence electrons. The standard InChI is InChI=1S/C10H15ClN4O2/c1-16-6-3-15(4-7(6)17-2)10-8(12)9(11)13-5-14-10/h5-7H,3-4,12H2,1-2H3. The predicted molar refractivity (Wildman–Crippen MR) is 65.3 cm³/mol. The van der Waals surface area contributed by atoms with Crippen molar-refractivity contribution in [3.63, 3.8) is 0 Å². The number of hydrogen-bond donors (Lipinski definition) is 1. The van der Waals surface area contributed by atoms with Gasteiger partial charge in [-0.15, -0.1) is 0 Å². The number of ether oxygens (including phenoxy) is 2. The lowest BCUT2D eigenvalue weighted by Gasteiger charge is -2.18. The molecule has 2 unspecified atom stereocenters. The number of nitrogens with zero attached hydrogens (tertiary/aromatic N) is 3. The molecule has 2 N–H and O–H groups in total. The molecule has 1 fully saturated rings. The van der Waals surface area contributed by atoms with Crippen LogP contribution in [0.15, 0.2) is 6.33 Å². The molecule has 1 aliphatic rings. The van der Waals surface area contributed by atoms with E-state index >= 15 is 0 Å². The number of methoxy groups -OCH3 is 2. The lowest BCUT2D eigenvalue weighted by Crippen LogP contribution is -2.27. The van der Waals surface area contributed by atoms with Crippen molar-refractivity contribution >= 4 is 23.1 Å². The molecule has 6 nitrogen and oxygen atoms in total. The summed E-state index contributed by atoms with van der Waals surface area (Å²) in [5.74, 6) is 0.631. The maximum atomic E-state index is 5.87. The van der Waals surface area contributed by atoms with Crippen LogP contribution in [0, 0.1) is 0 Å². The lowest BCUT2D eigenvalue weighted by atomic mass is 10.3. The second-order valence-corrected chi connectivity index (χ2v) is 4.21. The quantitative estimate of drug-likeness (QED) is 0.799. The molecule has 1 aromatic rings. The molecule has 0 amide bonds. The van der Waals surface area contributed by atoms with Crippen molar-refractivity contribution in [3.05, 3.63) is 11.5 Å². The smallest absolute Gasteiger partial charge is 0.157 e. The van der Waals surface area contributed by atoms with Crippen molar-refractivity contribution in [2.45, 2.75) is 12.2 Å². The average molecular weight is 259 g/mol. The SMILES string of the molecule is COC1CN(c2ncnc(Cl)c2N)CC1OC. The predicted octanol–water partition coefficient (Wildman–Crippen LogP) is 0.562. The summed E-state index contributed by atoms with van der Waals surface area (Å²) < 4.78 is 10.7. The maximum Gasteiger partial charge on any atom is 0.157 e. The van der Waals surface area contributed by atoms with E-state index in [0.29, 0.717) is 24.6 Å². The molecular formula is C10H15ClN4O2. The number of anilines is 2. The summed E-state index contributed by atoms with van der Waals surface area (Å²) in [7, 11) is 3.33. The van der Waals surface area contributed by atoms with Gasteiger partial charge in [-0.3, -0.25) is 0 Å². The Morgan fingerprint density at radius 1 is 1.29 bits per heavy atom. The van der Waals surface area contributed by atoms with E-state index in [2.05, 4.69) is 9.97 Å². The maximum absolute atomic E-state index is 5.87. The van der Waals surface area contributed by atoms with Gasteiger partial charge in [0.05, 0.1) is 0 Å². The van der Waals surface area contributed by atoms with Gasteiger partial charge in [-0.1, -0.05) is 11.6 Å². The Hall–Kier alpha value is -1.11. The van der Waals surface area contributed by atoms with Gasteiger partial charge in [0.2, 0.25) is 0 Å². The summed E-state index contributed by atoms with van der Waals surface area (Å²) in [5, 5.41) is 0.268. The zero-order valence-corrected chi connectivity index (χ0v) is 10.5. The van der Waals surface area contributed by atoms with Crippen LogP contribution in [0.2, 0.25) is 5.15 Å². The van der Waals surface area contributed by atoms with Crippen LogP contribution in [0.5, 0.6) is 0 Å². The molecule has 2 atom stereocenters. The molecule has 2 heterocycles. The number of nitrogens with two attached hydrogens (primary N) is 1. The molecule has 7 heteroatoms. The van der Waals surface area contributed by atoms with Gasteiger partial charge in [-0.25, -0.2) is 9.97 Å². The van der Waals surface area contributed by atoms with Crippen LogP contribution in [0.4, 0.5) is 11.5 Å². The first-order valence-electron chi connectivity index (χ1n) is 5.24. The third kappa shape index (κ3) is 2.29. The van der Waals surface area contributed by atoms with E-state index in [0.717, 1.165) is 0 Å². The van der Waals surface area contributed by atoms with Crippen molar-refractivity contribution in [2.75, 3.05) is 37.9 Å². The second kappa shape index (κ2) is 5.03. The highest BCUT2D eigenvalue weighted by atomic mass is 35.5. The van der Waals surface area contributed by atoms with Crippen LogP contribution in [0.25, 0.3) is 0 Å². The van der Waals surface area contributed by atoms with Crippen LogP contribution in [0.1, 0.15) is 0 Å². The molecule has 1 saturated heterocycles. The zero-order valence-electron chi connectivity index (χ0n) is 9.76. The van der Waals surface area contributed by atoms with Crippen molar-refractivity contribution < 1.29 is 9.47 Å². The minimum absolute atomic E-state index is 0.00754. The minimum Gasteiger partial charge on any atom is -0.393 e. The van der Waals surface area contributed by atoms with E-state index in [1.807, 2.05) is 4.90 Å². The Balaban J connectivity index is 2.22. The Bertz CT molecular complexity index is 392. The fourth-order valence-electron chi connectivity index (χ4n) is 1.99. The fourth-order valence-corrected chi connectivity index (χ4v) is 2.12. The van der Waals surface area contributed by atoms with E-state index in [1.54, 1.807) is 14.2 Å². The molecule has 0 radical (unpaired) electrons. The van der Waals surface area contributed by atoms with Gasteiger partial charge in [-0.05, 0) is 0 Å². The Morgan fingerprint density at radius 2 is 1.88 bits per heavy atom. The van der Waals surface area contributed by atoms with Crippen molar-refractivity contribution in [3.8, 4) is 0 Å². The minimum atomic E-state index is 0.00754. The van der Waals surface area contributed by atoms with Gasteiger partial charge in [0, 0.05) is 27.3 Å². The molecule has 0 saturated carbocycles. The van der Waals surface area contributed by atoms with Gasteiger partial charge in [-0.2, -0.15) is 0 Å². The van der Waals surface area contributed by atoms with E-state index in [4.69, 9.17) is 26.8 Å². The average Bonchev–Trinajstić information content (AvgIpc) is 2.75. The third-order valence-electron chi connectivity index (χ3n) is 2.93. The topological polar surface area (TPSA) is 73.5 Å². The molecule has 0 bridgehead atoms. The number of hydrogen-bond acceptors (Lipinski definition) is 6. The number of rotatable bonds is 3. The third-order valence-corrected chi connectivity index (χ3v) is 3.24. The molecule has 0 spiro atoms. The summed E-state index contributed by atoms with van der Waals surface area (Å²) >= 11 is 5.87. The summed E-state index contributed by atoms with van der Waals surface area (Å²) in [6.07, 6.45) is 1.41. The van der Waals surface area contributed by atoms with Crippen LogP contribution in [0.3, 0.4) is 0 Å². The lowest BCUT2D eigenvalue weighted by molar-refractivity contribution is -0.00461. The fraction of sp³-hybridized carbons (Fsp3) is 0.600. The van der Waals surface area contributed by atoms with Crippen molar-refractivity contribution in [1.82, 2.24) is 9.97 Å². The van der Waals surface area contributed by atoms with Crippen LogP contribution >= 0.6 is 11.6 Å². The monoisotopic (exact) mass is 258 g/mol. The van der Waals surface area contributed by atoms with E-state index in [9.17, 15) is 0 Å². The summed E-state index contributed by atoms with van der Waals surface area (Å²) in [4.78, 5) is 9.97. The Kier molecular flexibility index (Phi) is 3.66. The first kappa shape index (κ1) is 12.3. The van der Waals surface area contributed by atoms with Crippen molar-refractivity contribution in [1.29, 1.82) is 0 Å². The molecule has 2 rings (SSSR count). The molecule has 1 aliphatic heterocycles. The highest BCUT2D eigenvalue weighted by Gasteiger charge is 2.34. The van der Waals surface area contributed by atoms with Gasteiger partial charge < -0.3 is 20.1 Å². The van der Waals surface area contributed by atoms with E-state index in [-0.39, 0.29) is 17.4 Å². The largest absolute Gasteiger partial charge is 0.393 e. The highest BCUT2D eigenvalue weighted by molar-refractivity contribution is 6.32. The van der Waals surface area contributed by atoms with Gasteiger partial charge in [0.25, 0.3) is 0 Å². The van der Waals surface area contributed by atoms with Crippen LogP contribution in [-0.4, -0.2) is 49.5 Å². The molecule has 0 aromatic carbocycles. The summed E-state index contributed by atoms with van der Waals surface area (Å²) in [5.41, 5.74) is 6.25. The first-order valence-corrected chi connectivity index (χ1v) is 5.61. The van der Waals surface area contributed by atoms with E-state index < -0.39 is 0 Å². The van der Waals surface area contributed by atoms with Crippen LogP contribution in [-0.2, 0) is 9.47 Å². The Morgan fingerprint density at radius 3 is 2.41 bits per heavy atom. The van der Waals surface area contributed by atoms with Crippen molar-refractivity contribution in [2.24, 2.45) is 0 Å². The molecule has 17 heavy (non-hydrogen) atoms. The van der Waals surface area contributed by atoms with Gasteiger partial charge >= 0.3 is 0 Å². The zero-order chi connectivity index (χ0) is 12.4. The Labute approximate surface area is 105 Å². The number of aromatic nitrogens is 2. The summed E-state index contributed by atoms with van der Waals surface area (Å²) in [6, 6.07) is 0. The molecule has 1 aromatic heterocycles. The van der Waals surface area contributed by atoms with Gasteiger partial charge in [0.15, 0.2) is 11.0 Å². The first-order chi connectivity index (χ1) is 8.17. The normalized spacial score (nSPS) is 24.3. The molecule has 0 aliphatic carbocycles. The number of halogens is 1.